The van der Waals surface area contributed by atoms with E-state index in [1.54, 1.807) is 31.6 Å². The molecule has 0 saturated carbocycles. The number of aryl methyl sites for hydroxylation is 2. The number of carbonyl (C=O) groups is 2. The minimum absolute atomic E-state index is 0.127. The monoisotopic (exact) mass is 585 g/mol. The van der Waals surface area contributed by atoms with Gasteiger partial charge in [-0.25, -0.2) is 0 Å². The van der Waals surface area contributed by atoms with Crippen molar-refractivity contribution in [2.24, 2.45) is 0 Å². The lowest BCUT2D eigenvalue weighted by Crippen LogP contribution is -2.31. The van der Waals surface area contributed by atoms with Crippen LogP contribution in [-0.4, -0.2) is 25.8 Å². The Morgan fingerprint density at radius 1 is 0.721 bits per heavy atom. The Morgan fingerprint density at radius 3 is 1.93 bits per heavy atom. The Morgan fingerprint density at radius 2 is 1.33 bits per heavy atom. The molecule has 0 bridgehead atoms. The zero-order valence-electron chi connectivity index (χ0n) is 25.0. The molecule has 0 radical (unpaired) electrons. The standard InChI is InChI=1S/C37H31NO4S/c1-20-7-9-29-27(13-20)37(3,4)28-14-21(2)8-10-30(28)38(29)31-19-32(41-5)23(17-33(31)42-6)16-26-35(39)24-15-22-11-12-43-34(22)18-25(24)36(26)40/h7-19H,1-6H3/b26-16-. The molecule has 1 aromatic heterocycles. The highest BCUT2D eigenvalue weighted by Crippen LogP contribution is 2.54. The van der Waals surface area contributed by atoms with E-state index in [4.69, 9.17) is 9.47 Å². The third-order valence-corrected chi connectivity index (χ3v) is 9.66. The summed E-state index contributed by atoms with van der Waals surface area (Å²) >= 11 is 1.56. The van der Waals surface area contributed by atoms with E-state index in [2.05, 4.69) is 69.0 Å². The fourth-order valence-corrected chi connectivity index (χ4v) is 7.29. The van der Waals surface area contributed by atoms with Gasteiger partial charge < -0.3 is 14.4 Å². The van der Waals surface area contributed by atoms with Gasteiger partial charge in [-0.3, -0.25) is 9.59 Å². The third kappa shape index (κ3) is 4.04. The van der Waals surface area contributed by atoms with Gasteiger partial charge in [-0.2, -0.15) is 0 Å². The first kappa shape index (κ1) is 27.2. The summed E-state index contributed by atoms with van der Waals surface area (Å²) in [5.74, 6) is 0.589. The van der Waals surface area contributed by atoms with E-state index in [1.165, 1.54) is 22.3 Å². The summed E-state index contributed by atoms with van der Waals surface area (Å²) in [6, 6.07) is 22.5. The maximum absolute atomic E-state index is 13.5. The molecule has 0 fully saturated rings. The van der Waals surface area contributed by atoms with Crippen molar-refractivity contribution in [3.63, 3.8) is 0 Å². The largest absolute Gasteiger partial charge is 0.496 e. The first-order chi connectivity index (χ1) is 20.6. The molecule has 214 valence electrons. The molecule has 5 aromatic rings. The summed E-state index contributed by atoms with van der Waals surface area (Å²) in [6.07, 6.45) is 1.64. The van der Waals surface area contributed by atoms with Crippen LogP contribution in [0.3, 0.4) is 0 Å². The molecule has 4 aromatic carbocycles. The van der Waals surface area contributed by atoms with Gasteiger partial charge in [0.2, 0.25) is 0 Å². The molecule has 1 aliphatic heterocycles. The Labute approximate surface area is 255 Å². The maximum atomic E-state index is 13.5. The molecule has 0 amide bonds. The lowest BCUT2D eigenvalue weighted by atomic mass is 9.72. The molecule has 1 aliphatic carbocycles. The number of methoxy groups -OCH3 is 2. The van der Waals surface area contributed by atoms with E-state index < -0.39 is 0 Å². The summed E-state index contributed by atoms with van der Waals surface area (Å²) in [5.41, 5.74) is 9.17. The second-order valence-electron chi connectivity index (χ2n) is 11.8. The number of rotatable bonds is 4. The van der Waals surface area contributed by atoms with Crippen molar-refractivity contribution in [2.75, 3.05) is 19.1 Å². The average Bonchev–Trinajstić information content (AvgIpc) is 3.55. The highest BCUT2D eigenvalue weighted by Gasteiger charge is 2.38. The molecule has 0 atom stereocenters. The Bertz CT molecular complexity index is 1940. The minimum Gasteiger partial charge on any atom is -0.496 e. The number of hydrogen-bond donors (Lipinski definition) is 0. The van der Waals surface area contributed by atoms with Crippen LogP contribution in [0.5, 0.6) is 11.5 Å². The van der Waals surface area contributed by atoms with Gasteiger partial charge in [0, 0.05) is 32.9 Å². The van der Waals surface area contributed by atoms with Gasteiger partial charge in [0.1, 0.15) is 11.5 Å². The highest BCUT2D eigenvalue weighted by molar-refractivity contribution is 7.17. The third-order valence-electron chi connectivity index (χ3n) is 8.78. The zero-order valence-corrected chi connectivity index (χ0v) is 25.8. The molecule has 5 nitrogen and oxygen atoms in total. The molecule has 2 heterocycles. The number of allylic oxidation sites excluding steroid dienone is 1. The van der Waals surface area contributed by atoms with Gasteiger partial charge in [-0.1, -0.05) is 49.2 Å². The van der Waals surface area contributed by atoms with Crippen LogP contribution in [0.1, 0.15) is 62.4 Å². The number of fused-ring (bicyclic) bond motifs is 4. The van der Waals surface area contributed by atoms with Crippen LogP contribution in [0.4, 0.5) is 17.1 Å². The van der Waals surface area contributed by atoms with E-state index in [1.807, 2.05) is 35.7 Å². The summed E-state index contributed by atoms with van der Waals surface area (Å²) < 4.78 is 12.9. The predicted octanol–water partition coefficient (Wildman–Crippen LogP) is 9.11. The normalized spacial score (nSPS) is 16.0. The van der Waals surface area contributed by atoms with Gasteiger partial charge in [0.25, 0.3) is 0 Å². The Kier molecular flexibility index (Phi) is 6.12. The maximum Gasteiger partial charge on any atom is 0.197 e. The number of Topliss-reactive ketones (excluding diaryl/α,β-unsaturated/α-hetero) is 2. The molecular formula is C37H31NO4S. The van der Waals surface area contributed by atoms with Crippen LogP contribution in [0.25, 0.3) is 16.2 Å². The van der Waals surface area contributed by atoms with E-state index in [0.717, 1.165) is 27.1 Å². The molecule has 7 rings (SSSR count). The predicted molar refractivity (Wildman–Crippen MR) is 174 cm³/mol. The summed E-state index contributed by atoms with van der Waals surface area (Å²) in [5, 5.41) is 2.93. The van der Waals surface area contributed by atoms with Crippen LogP contribution in [0.15, 0.2) is 77.7 Å². The van der Waals surface area contributed by atoms with Crippen molar-refractivity contribution >= 4 is 56.1 Å². The van der Waals surface area contributed by atoms with Crippen molar-refractivity contribution in [1.82, 2.24) is 0 Å². The molecular weight excluding hydrogens is 554 g/mol. The summed E-state index contributed by atoms with van der Waals surface area (Å²) in [4.78, 5) is 29.2. The van der Waals surface area contributed by atoms with Gasteiger partial charge in [0.15, 0.2) is 11.6 Å². The number of anilines is 3. The fourth-order valence-electron chi connectivity index (χ4n) is 6.48. The quantitative estimate of drug-likeness (QED) is 0.156. The SMILES string of the molecule is COc1cc(N2c3ccc(C)cc3C(C)(C)c3cc(C)ccc32)c(OC)cc1/C=C1/C(=O)c2cc3ccsc3cc2C1=O. The average molecular weight is 586 g/mol. The zero-order chi connectivity index (χ0) is 30.2. The topological polar surface area (TPSA) is 55.8 Å². The molecule has 6 heteroatoms. The van der Waals surface area contributed by atoms with Gasteiger partial charge in [-0.05, 0) is 78.2 Å². The Hall–Kier alpha value is -4.68. The van der Waals surface area contributed by atoms with Crippen LogP contribution < -0.4 is 14.4 Å². The number of ketones is 2. The van der Waals surface area contributed by atoms with Crippen molar-refractivity contribution in [3.05, 3.63) is 117 Å². The molecule has 43 heavy (non-hydrogen) atoms. The van der Waals surface area contributed by atoms with Crippen molar-refractivity contribution in [1.29, 1.82) is 0 Å². The van der Waals surface area contributed by atoms with Gasteiger partial charge in [-0.15, -0.1) is 11.3 Å². The van der Waals surface area contributed by atoms with Crippen LogP contribution >= 0.6 is 11.3 Å². The number of benzene rings is 4. The van der Waals surface area contributed by atoms with Crippen LogP contribution in [0, 0.1) is 13.8 Å². The molecule has 0 unspecified atom stereocenters. The number of hydrogen-bond acceptors (Lipinski definition) is 6. The molecule has 0 N–H and O–H groups in total. The molecule has 0 spiro atoms. The summed E-state index contributed by atoms with van der Waals surface area (Å²) in [6.45, 7) is 8.77. The second kappa shape index (κ2) is 9.68. The second-order valence-corrected chi connectivity index (χ2v) is 12.8. The smallest absolute Gasteiger partial charge is 0.197 e. The number of thiophene rings is 1. The lowest BCUT2D eigenvalue weighted by molar-refractivity contribution is 0.0990. The highest BCUT2D eigenvalue weighted by atomic mass is 32.1. The van der Waals surface area contributed by atoms with Gasteiger partial charge in [0.05, 0.1) is 36.9 Å². The minimum atomic E-state index is -0.273. The number of nitrogens with zero attached hydrogens (tertiary/aromatic N) is 1. The van der Waals surface area contributed by atoms with E-state index in [0.29, 0.717) is 28.2 Å². The van der Waals surface area contributed by atoms with E-state index in [-0.39, 0.29) is 22.6 Å². The van der Waals surface area contributed by atoms with Gasteiger partial charge >= 0.3 is 0 Å². The first-order valence-corrected chi connectivity index (χ1v) is 15.1. The van der Waals surface area contributed by atoms with Crippen molar-refractivity contribution in [3.8, 4) is 11.5 Å². The van der Waals surface area contributed by atoms with E-state index in [9.17, 15) is 9.59 Å². The fraction of sp³-hybridized carbons (Fsp3) is 0.189. The van der Waals surface area contributed by atoms with Crippen molar-refractivity contribution < 1.29 is 19.1 Å². The summed E-state index contributed by atoms with van der Waals surface area (Å²) in [7, 11) is 3.24. The van der Waals surface area contributed by atoms with Crippen molar-refractivity contribution in [2.45, 2.75) is 33.1 Å². The van der Waals surface area contributed by atoms with Crippen LogP contribution in [-0.2, 0) is 5.41 Å². The van der Waals surface area contributed by atoms with Crippen LogP contribution in [0.2, 0.25) is 0 Å². The number of ether oxygens (including phenoxy) is 2. The molecule has 0 saturated heterocycles. The lowest BCUT2D eigenvalue weighted by Gasteiger charge is -2.42. The van der Waals surface area contributed by atoms with E-state index >= 15 is 0 Å². The molecule has 2 aliphatic rings. The first-order valence-electron chi connectivity index (χ1n) is 14.2. The number of carbonyl (C=O) groups excluding carboxylic acids is 2. The Balaban J connectivity index is 1.40.